The van der Waals surface area contributed by atoms with Crippen LogP contribution in [-0.4, -0.2) is 94.3 Å². The van der Waals surface area contributed by atoms with Crippen LogP contribution in [0, 0.1) is 11.8 Å². The Morgan fingerprint density at radius 3 is 2.31 bits per heavy atom. The van der Waals surface area contributed by atoms with Gasteiger partial charge in [-0.25, -0.2) is 0 Å². The van der Waals surface area contributed by atoms with Gasteiger partial charge in [-0.3, -0.25) is 19.3 Å². The number of nitrogens with one attached hydrogen (secondary N) is 1. The highest BCUT2D eigenvalue weighted by atomic mass is 16.5. The maximum absolute atomic E-state index is 14.2. The van der Waals surface area contributed by atoms with Gasteiger partial charge in [0.05, 0.1) is 23.9 Å². The van der Waals surface area contributed by atoms with Gasteiger partial charge in [-0.2, -0.15) is 0 Å². The van der Waals surface area contributed by atoms with Crippen LogP contribution in [0.5, 0.6) is 17.2 Å². The van der Waals surface area contributed by atoms with Crippen LogP contribution in [0.15, 0.2) is 41.2 Å². The molecule has 13 nitrogen and oxygen atoms in total. The summed E-state index contributed by atoms with van der Waals surface area (Å²) in [5.74, 6) is -7.00. The number of nitrogens with two attached hydrogens (primary N) is 1. The van der Waals surface area contributed by atoms with E-state index in [0.717, 1.165) is 0 Å². The van der Waals surface area contributed by atoms with Crippen LogP contribution in [0.3, 0.4) is 0 Å². The Balaban J connectivity index is 1.65. The van der Waals surface area contributed by atoms with Gasteiger partial charge in [0.1, 0.15) is 22.8 Å². The molecule has 1 saturated carbocycles. The second kappa shape index (κ2) is 10.7. The Morgan fingerprint density at radius 1 is 1.09 bits per heavy atom. The second-order valence-electron chi connectivity index (χ2n) is 12.4. The van der Waals surface area contributed by atoms with E-state index >= 15 is 0 Å². The maximum Gasteiger partial charge on any atom is 0.255 e. The topological polar surface area (TPSA) is 206 Å². The zero-order valence-corrected chi connectivity index (χ0v) is 25.9. The summed E-state index contributed by atoms with van der Waals surface area (Å²) < 4.78 is 5.09. The number of ether oxygens (including phenoxy) is 1. The molecule has 4 unspecified atom stereocenters. The molecular weight excluding hydrogens is 584 g/mol. The highest BCUT2D eigenvalue weighted by molar-refractivity contribution is 6.33. The van der Waals surface area contributed by atoms with Crippen LogP contribution < -0.4 is 20.7 Å². The third kappa shape index (κ3) is 4.40. The van der Waals surface area contributed by atoms with Crippen molar-refractivity contribution >= 4 is 34.6 Å². The lowest BCUT2D eigenvalue weighted by atomic mass is 9.53. The van der Waals surface area contributed by atoms with Crippen molar-refractivity contribution in [1.29, 1.82) is 0 Å². The van der Waals surface area contributed by atoms with Gasteiger partial charge >= 0.3 is 0 Å². The van der Waals surface area contributed by atoms with Crippen LogP contribution in [0.1, 0.15) is 30.0 Å². The molecule has 0 aliphatic heterocycles. The van der Waals surface area contributed by atoms with Crippen molar-refractivity contribution in [2.24, 2.45) is 17.6 Å². The van der Waals surface area contributed by atoms with E-state index in [1.165, 1.54) is 25.0 Å². The number of likely N-dealkylation sites (N-methyl/N-ethyl adjacent to an activating group) is 1. The first-order valence-corrected chi connectivity index (χ1v) is 14.3. The number of Topliss-reactive ketones (excluding diaryl/α,β-unsaturated/α-hetero) is 2. The number of primary amides is 1. The fraction of sp³-hybridized carbons (Fsp3) is 0.406. The molecule has 0 heterocycles. The number of amides is 1. The van der Waals surface area contributed by atoms with Crippen molar-refractivity contribution in [1.82, 2.24) is 4.90 Å². The maximum atomic E-state index is 14.2. The number of ketones is 2. The molecule has 3 aliphatic rings. The van der Waals surface area contributed by atoms with E-state index in [1.54, 1.807) is 51.3 Å². The van der Waals surface area contributed by atoms with E-state index < -0.39 is 57.5 Å². The highest BCUT2D eigenvalue weighted by Crippen LogP contribution is 2.56. The third-order valence-electron chi connectivity index (χ3n) is 9.70. The molecule has 0 radical (unpaired) electrons. The molecule has 8 N–H and O–H groups in total. The molecule has 4 atom stereocenters. The minimum atomic E-state index is -2.82. The molecule has 0 spiro atoms. The molecule has 0 aromatic heterocycles. The fourth-order valence-electron chi connectivity index (χ4n) is 7.09. The largest absolute Gasteiger partial charge is 0.509 e. The van der Waals surface area contributed by atoms with E-state index in [1.807, 2.05) is 0 Å². The molecule has 2 aromatic carbocycles. The first-order chi connectivity index (χ1) is 21.0. The number of benzene rings is 2. The summed E-state index contributed by atoms with van der Waals surface area (Å²) >= 11 is 0. The van der Waals surface area contributed by atoms with Crippen molar-refractivity contribution in [3.63, 3.8) is 0 Å². The minimum Gasteiger partial charge on any atom is -0.509 e. The van der Waals surface area contributed by atoms with Crippen molar-refractivity contribution in [3.05, 3.63) is 57.9 Å². The summed E-state index contributed by atoms with van der Waals surface area (Å²) in [4.78, 5) is 43.5. The Morgan fingerprint density at radius 2 is 1.76 bits per heavy atom. The van der Waals surface area contributed by atoms with E-state index in [4.69, 9.17) is 10.5 Å². The van der Waals surface area contributed by atoms with Crippen molar-refractivity contribution in [3.8, 4) is 17.2 Å². The second-order valence-corrected chi connectivity index (χ2v) is 12.4. The van der Waals surface area contributed by atoms with Gasteiger partial charge in [0, 0.05) is 37.8 Å². The molecule has 2 aromatic rings. The zero-order valence-electron chi connectivity index (χ0n) is 25.9. The molecule has 0 bridgehead atoms. The fourth-order valence-corrected chi connectivity index (χ4v) is 7.09. The lowest BCUT2D eigenvalue weighted by Gasteiger charge is -2.55. The van der Waals surface area contributed by atoms with Gasteiger partial charge in [0.25, 0.3) is 5.91 Å². The van der Waals surface area contributed by atoms with Crippen molar-refractivity contribution < 1.29 is 44.7 Å². The summed E-state index contributed by atoms with van der Waals surface area (Å²) in [5, 5.41) is 59.6. The monoisotopic (exact) mass is 622 g/mol. The van der Waals surface area contributed by atoms with Gasteiger partial charge < -0.3 is 46.2 Å². The number of anilines is 2. The number of methoxy groups -OCH3 is 1. The Labute approximate surface area is 259 Å². The number of rotatable bonds is 7. The smallest absolute Gasteiger partial charge is 0.255 e. The summed E-state index contributed by atoms with van der Waals surface area (Å²) in [6, 6.07) is 6.54. The van der Waals surface area contributed by atoms with E-state index in [2.05, 4.69) is 5.32 Å². The van der Waals surface area contributed by atoms with Gasteiger partial charge in [-0.15, -0.1) is 0 Å². The molecule has 45 heavy (non-hydrogen) atoms. The van der Waals surface area contributed by atoms with Crippen molar-refractivity contribution in [2.75, 3.05) is 45.5 Å². The molecule has 240 valence electrons. The number of hydrogen-bond donors (Lipinski definition) is 7. The Bertz CT molecular complexity index is 1710. The van der Waals surface area contributed by atoms with Gasteiger partial charge in [0.2, 0.25) is 11.6 Å². The number of aliphatic hydroxyl groups is 3. The number of phenols is 2. The van der Waals surface area contributed by atoms with E-state index in [9.17, 15) is 39.9 Å². The Hall–Kier alpha value is -4.75. The molecular formula is C32H38N4O9. The summed E-state index contributed by atoms with van der Waals surface area (Å²) in [5.41, 5.74) is 1.99. The predicted molar refractivity (Wildman–Crippen MR) is 165 cm³/mol. The van der Waals surface area contributed by atoms with Crippen LogP contribution in [0.4, 0.5) is 11.4 Å². The Kier molecular flexibility index (Phi) is 7.53. The summed E-state index contributed by atoms with van der Waals surface area (Å²) in [7, 11) is 8.17. The zero-order chi connectivity index (χ0) is 33.3. The third-order valence-corrected chi connectivity index (χ3v) is 9.70. The number of carbonyl (C=O) groups is 3. The lowest BCUT2D eigenvalue weighted by Crippen LogP contribution is -2.71. The first-order valence-electron chi connectivity index (χ1n) is 14.3. The van der Waals surface area contributed by atoms with Gasteiger partial charge in [-0.05, 0) is 69.1 Å². The lowest BCUT2D eigenvalue weighted by molar-refractivity contribution is -0.168. The van der Waals surface area contributed by atoms with Crippen LogP contribution in [0.2, 0.25) is 0 Å². The summed E-state index contributed by atoms with van der Waals surface area (Å²) in [6.45, 7) is 1.68. The average Bonchev–Trinajstić information content (AvgIpc) is 2.96. The molecule has 1 amide bonds. The van der Waals surface area contributed by atoms with Crippen LogP contribution >= 0.6 is 0 Å². The molecule has 1 fully saturated rings. The molecule has 3 aliphatic carbocycles. The number of phenolic OH excluding ortho intramolecular Hbond substituents is 2. The SMILES string of the molecule is COc1ccc(CNc2cc(N(C)C)c3c(c2O)C(O)=C2C(=O)C4(O)C(=O)C(C(N)=O)=C(O)C(C)(N(C)C)C4CC2C3)cc1O. The number of aliphatic hydroxyl groups excluding tert-OH is 2. The van der Waals surface area contributed by atoms with Gasteiger partial charge in [-0.1, -0.05) is 6.07 Å². The minimum absolute atomic E-state index is 0.0216. The predicted octanol–water partition coefficient (Wildman–Crippen LogP) is 1.75. The first kappa shape index (κ1) is 31.7. The van der Waals surface area contributed by atoms with Crippen LogP contribution in [0.25, 0.3) is 5.76 Å². The quantitative estimate of drug-likeness (QED) is 0.134. The molecule has 13 heteroatoms. The number of carbonyl (C=O) groups excluding carboxylic acids is 3. The normalized spacial score (nSPS) is 26.0. The van der Waals surface area contributed by atoms with Gasteiger partial charge in [0.15, 0.2) is 17.1 Å². The number of fused-ring (bicyclic) bond motifs is 3. The van der Waals surface area contributed by atoms with Crippen LogP contribution in [-0.2, 0) is 27.3 Å². The average molecular weight is 623 g/mol. The molecule has 0 saturated heterocycles. The summed E-state index contributed by atoms with van der Waals surface area (Å²) in [6.07, 6.45) is 0.137. The molecule has 5 rings (SSSR count). The van der Waals surface area contributed by atoms with E-state index in [-0.39, 0.29) is 47.7 Å². The number of nitrogens with zero attached hydrogens (tertiary/aromatic N) is 2. The standard InChI is InChI=1S/C32H38N4O9/c1-31(36(4)5)21-11-15-10-16-18(35(2)3)12-17(34-13-14-7-8-20(45-6)19(37)9-14)25(38)23(16)26(39)22(15)28(41)32(21,44)29(42)24(27(31)40)30(33)43/h7-9,12,15,21,34,37-40,44H,10-11,13H2,1-6H3,(H2,33,43). The van der Waals surface area contributed by atoms with E-state index in [0.29, 0.717) is 22.6 Å². The number of aromatic hydroxyl groups is 2. The number of hydrogen-bond acceptors (Lipinski definition) is 12. The highest BCUT2D eigenvalue weighted by Gasteiger charge is 2.68. The van der Waals surface area contributed by atoms with Crippen molar-refractivity contribution in [2.45, 2.75) is 37.5 Å².